The maximum atomic E-state index is 6.38. The van der Waals surface area contributed by atoms with Crippen LogP contribution < -0.4 is 0 Å². The minimum absolute atomic E-state index is 0.0295. The summed E-state index contributed by atoms with van der Waals surface area (Å²) in [6.07, 6.45) is 7.37. The van der Waals surface area contributed by atoms with Crippen LogP contribution >= 0.6 is 23.2 Å². The van der Waals surface area contributed by atoms with Gasteiger partial charge in [0.1, 0.15) is 12.1 Å². The second-order valence-electron chi connectivity index (χ2n) is 10.1. The van der Waals surface area contributed by atoms with Gasteiger partial charge in [-0.1, -0.05) is 47.5 Å². The zero-order valence-corrected chi connectivity index (χ0v) is 22.5. The smallest absolute Gasteiger partial charge is 0.162 e. The highest BCUT2D eigenvalue weighted by Gasteiger charge is 2.37. The Balaban J connectivity index is 1.23. The molecule has 0 saturated carbocycles. The van der Waals surface area contributed by atoms with E-state index in [0.29, 0.717) is 21.9 Å². The molecule has 10 nitrogen and oxygen atoms in total. The number of aromatic nitrogens is 8. The Kier molecular flexibility index (Phi) is 7.64. The maximum absolute atomic E-state index is 6.38. The molecule has 4 aromatic rings. The second-order valence-corrected chi connectivity index (χ2v) is 11.0. The SMILES string of the molecule is Clc1cccc(C([C@H]2CCCN(N3CCC[C@H](C(c4cccc(Cl)c4)n4ncnn4)C3)C2)n2ncnn2)c1. The predicted octanol–water partition coefficient (Wildman–Crippen LogP) is 4.18. The maximum Gasteiger partial charge on any atom is 0.162 e. The Morgan fingerprint density at radius 3 is 1.55 bits per heavy atom. The van der Waals surface area contributed by atoms with Gasteiger partial charge in [-0.15, -0.1) is 20.4 Å². The quantitative estimate of drug-likeness (QED) is 0.337. The number of piperidine rings is 2. The van der Waals surface area contributed by atoms with Gasteiger partial charge in [0.2, 0.25) is 0 Å². The van der Waals surface area contributed by atoms with Crippen LogP contribution in [-0.4, -0.2) is 76.6 Å². The first-order valence-corrected chi connectivity index (χ1v) is 13.9. The number of hydrogen-bond donors (Lipinski definition) is 0. The molecule has 2 saturated heterocycles. The van der Waals surface area contributed by atoms with Crippen molar-refractivity contribution in [2.75, 3.05) is 26.2 Å². The van der Waals surface area contributed by atoms with Gasteiger partial charge < -0.3 is 0 Å². The molecule has 2 aromatic heterocycles. The fourth-order valence-electron chi connectivity index (χ4n) is 6.18. The van der Waals surface area contributed by atoms with E-state index in [2.05, 4.69) is 53.0 Å². The molecule has 38 heavy (non-hydrogen) atoms. The lowest BCUT2D eigenvalue weighted by molar-refractivity contribution is -0.0888. The van der Waals surface area contributed by atoms with Crippen LogP contribution in [0.25, 0.3) is 0 Å². The Morgan fingerprint density at radius 2 is 1.16 bits per heavy atom. The van der Waals surface area contributed by atoms with Crippen LogP contribution in [-0.2, 0) is 0 Å². The van der Waals surface area contributed by atoms with Gasteiger partial charge in [0.15, 0.2) is 12.7 Å². The second kappa shape index (κ2) is 11.4. The molecule has 4 heterocycles. The Morgan fingerprint density at radius 1 is 0.684 bits per heavy atom. The van der Waals surface area contributed by atoms with Crippen molar-refractivity contribution in [3.8, 4) is 0 Å². The van der Waals surface area contributed by atoms with Gasteiger partial charge >= 0.3 is 0 Å². The van der Waals surface area contributed by atoms with Crippen molar-refractivity contribution in [2.45, 2.75) is 37.8 Å². The summed E-state index contributed by atoms with van der Waals surface area (Å²) in [5.41, 5.74) is 2.22. The minimum Gasteiger partial charge on any atom is -0.241 e. The first kappa shape index (κ1) is 25.4. The Bertz CT molecular complexity index is 1210. The van der Waals surface area contributed by atoms with Gasteiger partial charge in [-0.25, -0.2) is 10.0 Å². The summed E-state index contributed by atoms with van der Waals surface area (Å²) in [6, 6.07) is 16.0. The van der Waals surface area contributed by atoms with E-state index in [9.17, 15) is 0 Å². The third kappa shape index (κ3) is 5.44. The molecule has 2 aliphatic rings. The molecular formula is C26H30Cl2N10. The molecule has 2 fully saturated rings. The molecule has 6 rings (SSSR count). The number of rotatable bonds is 7. The number of hydrogen-bond acceptors (Lipinski definition) is 8. The lowest BCUT2D eigenvalue weighted by Gasteiger charge is -2.46. The Hall–Kier alpha value is -2.92. The molecule has 0 radical (unpaired) electrons. The van der Waals surface area contributed by atoms with E-state index in [1.165, 1.54) is 12.7 Å². The van der Waals surface area contributed by atoms with Crippen LogP contribution in [0.3, 0.4) is 0 Å². The monoisotopic (exact) mass is 552 g/mol. The number of benzene rings is 2. The summed E-state index contributed by atoms with van der Waals surface area (Å²) in [5.74, 6) is 0.634. The first-order chi connectivity index (χ1) is 18.7. The number of halogens is 2. The molecule has 12 heteroatoms. The lowest BCUT2D eigenvalue weighted by atomic mass is 9.86. The number of nitrogens with zero attached hydrogens (tertiary/aromatic N) is 10. The van der Waals surface area contributed by atoms with E-state index in [-0.39, 0.29) is 12.1 Å². The molecular weight excluding hydrogens is 523 g/mol. The standard InChI is InChI=1S/C26H30Cl2N10/c27-23-9-1-5-19(13-23)25(37-31-17-29-33-37)21-7-3-11-35(15-21)36-12-4-8-22(16-36)26(38-32-18-30-34-38)20-6-2-10-24(28)14-20/h1-2,5-6,9-10,13-14,17-18,21-22,25-26H,3-4,7-8,11-12,15-16H2/t21-,22-,25?,26?/m0/s1. The van der Waals surface area contributed by atoms with Crippen molar-refractivity contribution in [1.82, 2.24) is 50.4 Å². The zero-order chi connectivity index (χ0) is 25.9. The molecule has 2 unspecified atom stereocenters. The summed E-state index contributed by atoms with van der Waals surface area (Å²) in [6.45, 7) is 3.88. The molecule has 198 valence electrons. The van der Waals surface area contributed by atoms with Crippen LogP contribution in [0.1, 0.15) is 48.9 Å². The van der Waals surface area contributed by atoms with Gasteiger partial charge in [0.25, 0.3) is 0 Å². The van der Waals surface area contributed by atoms with E-state index in [1.807, 2.05) is 36.4 Å². The third-order valence-corrected chi connectivity index (χ3v) is 8.24. The van der Waals surface area contributed by atoms with Crippen molar-refractivity contribution in [1.29, 1.82) is 0 Å². The van der Waals surface area contributed by atoms with E-state index < -0.39 is 0 Å². The molecule has 4 atom stereocenters. The first-order valence-electron chi connectivity index (χ1n) is 13.1. The minimum atomic E-state index is -0.0295. The van der Waals surface area contributed by atoms with Crippen molar-refractivity contribution >= 4 is 23.2 Å². The van der Waals surface area contributed by atoms with E-state index >= 15 is 0 Å². The summed E-state index contributed by atoms with van der Waals surface area (Å²) < 4.78 is 0. The highest BCUT2D eigenvalue weighted by atomic mass is 35.5. The van der Waals surface area contributed by atoms with Crippen LogP contribution in [0.5, 0.6) is 0 Å². The molecule has 0 amide bonds. The molecule has 2 aromatic carbocycles. The average molecular weight is 554 g/mol. The van der Waals surface area contributed by atoms with E-state index in [1.54, 1.807) is 9.59 Å². The van der Waals surface area contributed by atoms with Gasteiger partial charge in [-0.3, -0.25) is 0 Å². The molecule has 0 aliphatic carbocycles. The Labute approximate surface area is 231 Å². The highest BCUT2D eigenvalue weighted by Crippen LogP contribution is 2.37. The average Bonchev–Trinajstić information content (AvgIpc) is 3.65. The summed E-state index contributed by atoms with van der Waals surface area (Å²) >= 11 is 12.8. The van der Waals surface area contributed by atoms with Gasteiger partial charge in [0, 0.05) is 48.1 Å². The van der Waals surface area contributed by atoms with E-state index in [0.717, 1.165) is 63.0 Å². The van der Waals surface area contributed by atoms with Crippen LogP contribution in [0.15, 0.2) is 61.2 Å². The van der Waals surface area contributed by atoms with Crippen LogP contribution in [0.4, 0.5) is 0 Å². The van der Waals surface area contributed by atoms with Gasteiger partial charge in [0.05, 0.1) is 0 Å². The molecule has 0 spiro atoms. The van der Waals surface area contributed by atoms with Gasteiger partial charge in [-0.05, 0) is 71.5 Å². The van der Waals surface area contributed by atoms with Gasteiger partial charge in [-0.2, -0.15) is 9.59 Å². The van der Waals surface area contributed by atoms with Crippen LogP contribution in [0, 0.1) is 11.8 Å². The highest BCUT2D eigenvalue weighted by molar-refractivity contribution is 6.30. The zero-order valence-electron chi connectivity index (χ0n) is 21.0. The topological polar surface area (TPSA) is 93.7 Å². The number of tetrazole rings is 2. The fraction of sp³-hybridized carbons (Fsp3) is 0.462. The molecule has 2 aliphatic heterocycles. The van der Waals surface area contributed by atoms with Crippen molar-refractivity contribution in [3.05, 3.63) is 82.4 Å². The molecule has 0 N–H and O–H groups in total. The fourth-order valence-corrected chi connectivity index (χ4v) is 6.58. The summed E-state index contributed by atoms with van der Waals surface area (Å²) in [5, 5.41) is 31.9. The largest absolute Gasteiger partial charge is 0.241 e. The van der Waals surface area contributed by atoms with Crippen molar-refractivity contribution in [2.24, 2.45) is 11.8 Å². The third-order valence-electron chi connectivity index (χ3n) is 7.77. The molecule has 0 bridgehead atoms. The predicted molar refractivity (Wildman–Crippen MR) is 143 cm³/mol. The normalized spacial score (nSPS) is 22.8. The number of hydrazine groups is 1. The summed E-state index contributed by atoms with van der Waals surface area (Å²) in [7, 11) is 0. The van der Waals surface area contributed by atoms with Crippen molar-refractivity contribution < 1.29 is 0 Å². The lowest BCUT2D eigenvalue weighted by Crippen LogP contribution is -2.53. The summed E-state index contributed by atoms with van der Waals surface area (Å²) in [4.78, 5) is 3.48. The van der Waals surface area contributed by atoms with Crippen molar-refractivity contribution in [3.63, 3.8) is 0 Å². The van der Waals surface area contributed by atoms with E-state index in [4.69, 9.17) is 23.2 Å². The van der Waals surface area contributed by atoms with Crippen LogP contribution in [0.2, 0.25) is 10.0 Å².